The van der Waals surface area contributed by atoms with Crippen LogP contribution in [0.25, 0.3) is 0 Å². The van der Waals surface area contributed by atoms with E-state index in [0.717, 1.165) is 0 Å². The van der Waals surface area contributed by atoms with E-state index in [1.54, 1.807) is 12.1 Å². The molecular weight excluding hydrogens is 254 g/mol. The first-order valence-corrected chi connectivity index (χ1v) is 5.89. The number of carbonyl (C=O) groups excluding carboxylic acids is 1. The van der Waals surface area contributed by atoms with Crippen LogP contribution in [0.4, 0.5) is 5.69 Å². The zero-order chi connectivity index (χ0) is 12.1. The van der Waals surface area contributed by atoms with E-state index in [2.05, 4.69) is 10.1 Å². The lowest BCUT2D eigenvalue weighted by Gasteiger charge is -2.09. The summed E-state index contributed by atoms with van der Waals surface area (Å²) in [6, 6.07) is 4.54. The van der Waals surface area contributed by atoms with Crippen LogP contribution in [0.15, 0.2) is 18.2 Å². The number of rotatable bonds is 4. The third kappa shape index (κ3) is 3.48. The Morgan fingerprint density at radius 2 is 2.31 bits per heavy atom. The molecule has 1 atom stereocenters. The number of methoxy groups -OCH3 is 1. The molecule has 1 unspecified atom stereocenters. The first-order chi connectivity index (χ1) is 7.54. The molecule has 5 nitrogen and oxygen atoms in total. The van der Waals surface area contributed by atoms with E-state index in [4.69, 9.17) is 16.2 Å². The Kier molecular flexibility index (Phi) is 4.72. The number of anilines is 1. The lowest BCUT2D eigenvalue weighted by atomic mass is 10.2. The Morgan fingerprint density at radius 3 is 2.88 bits per heavy atom. The lowest BCUT2D eigenvalue weighted by Crippen LogP contribution is -2.11. The maximum absolute atomic E-state index is 11.4. The van der Waals surface area contributed by atoms with E-state index in [1.807, 2.05) is 0 Å². The van der Waals surface area contributed by atoms with Gasteiger partial charge < -0.3 is 14.6 Å². The van der Waals surface area contributed by atoms with Crippen LogP contribution in [0, 0.1) is 0 Å². The van der Waals surface area contributed by atoms with Gasteiger partial charge in [0.1, 0.15) is 5.88 Å². The topological polar surface area (TPSA) is 75.6 Å². The Labute approximate surface area is 100 Å². The molecule has 0 aliphatic heterocycles. The van der Waals surface area contributed by atoms with Gasteiger partial charge in [0.15, 0.2) is 11.1 Å². The zero-order valence-electron chi connectivity index (χ0n) is 8.40. The highest BCUT2D eigenvalue weighted by atomic mass is 35.5. The van der Waals surface area contributed by atoms with Gasteiger partial charge in [0.25, 0.3) is 0 Å². The van der Waals surface area contributed by atoms with Gasteiger partial charge >= 0.3 is 5.97 Å². The average Bonchev–Trinajstić information content (AvgIpc) is 2.26. The number of nitrogens with one attached hydrogen (secondary N) is 1. The summed E-state index contributed by atoms with van der Waals surface area (Å²) in [5, 5.41) is 3.03. The van der Waals surface area contributed by atoms with Gasteiger partial charge in [0, 0.05) is 10.7 Å². The molecule has 0 bridgehead atoms. The van der Waals surface area contributed by atoms with E-state index in [0.29, 0.717) is 10.7 Å². The first-order valence-electron chi connectivity index (χ1n) is 4.23. The van der Waals surface area contributed by atoms with Crippen molar-refractivity contribution in [2.45, 2.75) is 0 Å². The van der Waals surface area contributed by atoms with E-state index < -0.39 is 17.0 Å². The maximum atomic E-state index is 11.4. The summed E-state index contributed by atoms with van der Waals surface area (Å²) in [7, 11) is 1.25. The van der Waals surface area contributed by atoms with Crippen molar-refractivity contribution in [3.8, 4) is 0 Å². The third-order valence-electron chi connectivity index (χ3n) is 1.77. The lowest BCUT2D eigenvalue weighted by molar-refractivity contribution is 0.0602. The second-order valence-corrected chi connectivity index (χ2v) is 4.19. The number of benzene rings is 1. The van der Waals surface area contributed by atoms with Crippen LogP contribution in [-0.2, 0) is 15.8 Å². The molecule has 16 heavy (non-hydrogen) atoms. The molecule has 0 radical (unpaired) electrons. The minimum absolute atomic E-state index is 0.175. The van der Waals surface area contributed by atoms with Crippen molar-refractivity contribution in [3.63, 3.8) is 0 Å². The molecule has 2 N–H and O–H groups in total. The average molecular weight is 264 g/mol. The van der Waals surface area contributed by atoms with Gasteiger partial charge in [-0.1, -0.05) is 11.6 Å². The molecule has 88 valence electrons. The number of esters is 1. The highest BCUT2D eigenvalue weighted by Gasteiger charge is 2.12. The molecule has 0 saturated carbocycles. The summed E-state index contributed by atoms with van der Waals surface area (Å²) < 4.78 is 23.7. The predicted molar refractivity (Wildman–Crippen MR) is 62.1 cm³/mol. The number of halogens is 1. The van der Waals surface area contributed by atoms with Crippen LogP contribution < -0.4 is 5.32 Å². The van der Waals surface area contributed by atoms with E-state index in [-0.39, 0.29) is 11.4 Å². The van der Waals surface area contributed by atoms with Crippen molar-refractivity contribution >= 4 is 34.3 Å². The van der Waals surface area contributed by atoms with Gasteiger partial charge in [-0.3, -0.25) is 0 Å². The summed E-state index contributed by atoms with van der Waals surface area (Å²) in [6.07, 6.45) is 0. The van der Waals surface area contributed by atoms with Crippen LogP contribution >= 0.6 is 11.6 Å². The van der Waals surface area contributed by atoms with Crippen LogP contribution in [0.5, 0.6) is 0 Å². The number of ether oxygens (including phenoxy) is 1. The highest BCUT2D eigenvalue weighted by Crippen LogP contribution is 2.21. The van der Waals surface area contributed by atoms with Gasteiger partial charge in [-0.15, -0.1) is 0 Å². The number of hydrogen-bond acceptors (Lipinski definition) is 4. The Morgan fingerprint density at radius 1 is 1.62 bits per heavy atom. The summed E-state index contributed by atoms with van der Waals surface area (Å²) in [5.41, 5.74) is 0.624. The molecule has 0 aliphatic rings. The van der Waals surface area contributed by atoms with Crippen LogP contribution in [0.1, 0.15) is 10.4 Å². The first kappa shape index (κ1) is 13.0. The Balaban J connectivity index is 2.98. The number of carbonyl (C=O) groups is 1. The molecule has 0 amide bonds. The Bertz CT molecular complexity index is 424. The van der Waals surface area contributed by atoms with Crippen molar-refractivity contribution in [2.75, 3.05) is 18.3 Å². The monoisotopic (exact) mass is 263 g/mol. The van der Waals surface area contributed by atoms with Gasteiger partial charge in [0.05, 0.1) is 12.7 Å². The van der Waals surface area contributed by atoms with Crippen LogP contribution in [0.3, 0.4) is 0 Å². The minimum atomic E-state index is -1.99. The molecule has 7 heteroatoms. The predicted octanol–water partition coefficient (Wildman–Crippen LogP) is 1.72. The van der Waals surface area contributed by atoms with E-state index >= 15 is 0 Å². The standard InChI is InChI=1S/C9H10ClNO4S/c1-15-9(12)7-4-6(10)2-3-8(7)11-5-16(13)14/h2-4,11H,5H2,1H3,(H,13,14). The largest absolute Gasteiger partial charge is 0.465 e. The fraction of sp³-hybridized carbons (Fsp3) is 0.222. The van der Waals surface area contributed by atoms with Gasteiger partial charge in [-0.05, 0) is 18.2 Å². The van der Waals surface area contributed by atoms with Crippen LogP contribution in [0.2, 0.25) is 5.02 Å². The minimum Gasteiger partial charge on any atom is -0.465 e. The van der Waals surface area contributed by atoms with Crippen LogP contribution in [-0.4, -0.2) is 27.7 Å². The van der Waals surface area contributed by atoms with E-state index in [9.17, 15) is 9.00 Å². The van der Waals surface area contributed by atoms with Crippen molar-refractivity contribution in [1.29, 1.82) is 0 Å². The van der Waals surface area contributed by atoms with Crippen molar-refractivity contribution in [3.05, 3.63) is 28.8 Å². The molecule has 1 rings (SSSR count). The van der Waals surface area contributed by atoms with E-state index in [1.165, 1.54) is 13.2 Å². The smallest absolute Gasteiger partial charge is 0.340 e. The third-order valence-corrected chi connectivity index (χ3v) is 2.40. The summed E-state index contributed by atoms with van der Waals surface area (Å²) >= 11 is 3.74. The Hall–Kier alpha value is -1.11. The van der Waals surface area contributed by atoms with Crippen molar-refractivity contribution in [1.82, 2.24) is 0 Å². The summed E-state index contributed by atoms with van der Waals surface area (Å²) in [5.74, 6) is -0.736. The quantitative estimate of drug-likeness (QED) is 0.639. The summed E-state index contributed by atoms with van der Waals surface area (Å²) in [6.45, 7) is 0. The molecule has 0 spiro atoms. The normalized spacial score (nSPS) is 11.9. The maximum Gasteiger partial charge on any atom is 0.340 e. The number of hydrogen-bond donors (Lipinski definition) is 2. The molecule has 1 aromatic rings. The second-order valence-electron chi connectivity index (χ2n) is 2.82. The molecule has 0 saturated heterocycles. The molecule has 0 aliphatic carbocycles. The summed E-state index contributed by atoms with van der Waals surface area (Å²) in [4.78, 5) is 11.4. The molecule has 0 fully saturated rings. The molecule has 0 aromatic heterocycles. The van der Waals surface area contributed by atoms with Gasteiger partial charge in [0.2, 0.25) is 0 Å². The van der Waals surface area contributed by atoms with Gasteiger partial charge in [-0.2, -0.15) is 0 Å². The highest BCUT2D eigenvalue weighted by molar-refractivity contribution is 7.79. The van der Waals surface area contributed by atoms with Crippen molar-refractivity contribution in [2.24, 2.45) is 0 Å². The fourth-order valence-electron chi connectivity index (χ4n) is 1.09. The zero-order valence-corrected chi connectivity index (χ0v) is 9.97. The van der Waals surface area contributed by atoms with Crippen molar-refractivity contribution < 1.29 is 18.3 Å². The molecule has 0 heterocycles. The fourth-order valence-corrected chi connectivity index (χ4v) is 1.54. The second kappa shape index (κ2) is 5.83. The molecular formula is C9H10ClNO4S. The SMILES string of the molecule is COC(=O)c1cc(Cl)ccc1NCS(=O)O. The van der Waals surface area contributed by atoms with Gasteiger partial charge in [-0.25, -0.2) is 9.00 Å². The molecule has 1 aromatic carbocycles.